The molecular weight excluding hydrogens is 364 g/mol. The number of hydrogen-bond donors (Lipinski definition) is 1. The Kier molecular flexibility index (Phi) is 4.16. The lowest BCUT2D eigenvalue weighted by Gasteiger charge is -2.35. The van der Waals surface area contributed by atoms with Crippen LogP contribution in [-0.4, -0.2) is 23.8 Å². The predicted molar refractivity (Wildman–Crippen MR) is 112 cm³/mol. The number of benzene rings is 2. The van der Waals surface area contributed by atoms with Gasteiger partial charge in [0.15, 0.2) is 5.78 Å². The van der Waals surface area contributed by atoms with E-state index in [0.717, 1.165) is 51.7 Å². The zero-order valence-electron chi connectivity index (χ0n) is 16.1. The van der Waals surface area contributed by atoms with Crippen molar-refractivity contribution in [3.63, 3.8) is 0 Å². The number of allylic oxidation sites excluding steroid dienone is 1. The summed E-state index contributed by atoms with van der Waals surface area (Å²) in [6.07, 6.45) is 4.09. The number of esters is 1. The number of pyridine rings is 1. The molecule has 0 radical (unpaired) electrons. The van der Waals surface area contributed by atoms with Crippen LogP contribution in [0.2, 0.25) is 0 Å². The molecule has 29 heavy (non-hydrogen) atoms. The quantitative estimate of drug-likeness (QED) is 0.649. The molecule has 0 fully saturated rings. The molecule has 2 aliphatic rings. The second-order valence-corrected chi connectivity index (χ2v) is 7.42. The molecule has 0 spiro atoms. The lowest BCUT2D eigenvalue weighted by molar-refractivity contribution is -0.116. The van der Waals surface area contributed by atoms with E-state index in [9.17, 15) is 9.59 Å². The molecule has 1 aliphatic heterocycles. The number of anilines is 1. The summed E-state index contributed by atoms with van der Waals surface area (Å²) in [6.45, 7) is 0. The van der Waals surface area contributed by atoms with Gasteiger partial charge in [-0.2, -0.15) is 0 Å². The van der Waals surface area contributed by atoms with Gasteiger partial charge in [0.05, 0.1) is 24.2 Å². The first-order valence-corrected chi connectivity index (χ1v) is 9.76. The van der Waals surface area contributed by atoms with Crippen LogP contribution in [0.25, 0.3) is 16.5 Å². The fourth-order valence-corrected chi connectivity index (χ4v) is 4.46. The number of Topliss-reactive ketones (excluding diaryl/α,β-unsaturated/α-hetero) is 1. The highest BCUT2D eigenvalue weighted by atomic mass is 16.5. The van der Waals surface area contributed by atoms with Crippen LogP contribution in [0.4, 0.5) is 5.69 Å². The van der Waals surface area contributed by atoms with E-state index >= 15 is 0 Å². The van der Waals surface area contributed by atoms with E-state index in [4.69, 9.17) is 4.74 Å². The van der Waals surface area contributed by atoms with Gasteiger partial charge in [-0.3, -0.25) is 9.78 Å². The number of aromatic nitrogens is 1. The van der Waals surface area contributed by atoms with Crippen LogP contribution < -0.4 is 5.32 Å². The number of ether oxygens (including phenoxy) is 1. The van der Waals surface area contributed by atoms with Crippen molar-refractivity contribution in [1.29, 1.82) is 0 Å². The normalized spacial score (nSPS) is 18.1. The summed E-state index contributed by atoms with van der Waals surface area (Å²) in [5, 5.41) is 4.64. The Balaban J connectivity index is 1.68. The largest absolute Gasteiger partial charge is 0.465 e. The van der Waals surface area contributed by atoms with Gasteiger partial charge in [-0.05, 0) is 54.3 Å². The van der Waals surface area contributed by atoms with E-state index in [1.54, 1.807) is 18.3 Å². The van der Waals surface area contributed by atoms with Crippen molar-refractivity contribution in [2.75, 3.05) is 12.4 Å². The molecule has 1 aromatic heterocycles. The van der Waals surface area contributed by atoms with E-state index in [1.807, 2.05) is 30.3 Å². The number of ketones is 1. The minimum Gasteiger partial charge on any atom is -0.465 e. The Morgan fingerprint density at radius 2 is 1.93 bits per heavy atom. The molecular formula is C24H20N2O3. The van der Waals surface area contributed by atoms with Gasteiger partial charge < -0.3 is 10.1 Å². The standard InChI is InChI=1S/C24H20N2O3/c1-29-24(28)15-9-7-14(8-10-15)23-22-17(4-2-6-20(22)27)21-16-5-3-13-25-18(16)11-12-19(21)26-23/h3,5,7-13,23,26H,2,4,6H2,1H3. The molecule has 2 heterocycles. The highest BCUT2D eigenvalue weighted by molar-refractivity contribution is 6.12. The molecule has 1 aliphatic carbocycles. The van der Waals surface area contributed by atoms with Crippen molar-refractivity contribution in [3.05, 3.63) is 77.0 Å². The van der Waals surface area contributed by atoms with Crippen LogP contribution in [0.1, 0.15) is 46.8 Å². The van der Waals surface area contributed by atoms with Crippen LogP contribution in [0.3, 0.4) is 0 Å². The Morgan fingerprint density at radius 3 is 2.72 bits per heavy atom. The van der Waals surface area contributed by atoms with Gasteiger partial charge in [-0.25, -0.2) is 4.79 Å². The summed E-state index contributed by atoms with van der Waals surface area (Å²) >= 11 is 0. The SMILES string of the molecule is COC(=O)c1ccc(C2Nc3ccc4ncccc4c3C3=C2C(=O)CCC3)cc1. The summed E-state index contributed by atoms with van der Waals surface area (Å²) in [4.78, 5) is 29.2. The third-order valence-electron chi connectivity index (χ3n) is 5.80. The molecule has 0 saturated heterocycles. The zero-order valence-corrected chi connectivity index (χ0v) is 16.1. The number of rotatable bonds is 2. The van der Waals surface area contributed by atoms with Gasteiger partial charge in [0.1, 0.15) is 0 Å². The van der Waals surface area contributed by atoms with Crippen molar-refractivity contribution in [1.82, 2.24) is 4.98 Å². The molecule has 5 rings (SSSR count). The van der Waals surface area contributed by atoms with E-state index in [-0.39, 0.29) is 17.8 Å². The molecule has 3 aromatic rings. The first-order valence-electron chi connectivity index (χ1n) is 9.76. The third kappa shape index (κ3) is 2.81. The number of carbonyl (C=O) groups is 2. The van der Waals surface area contributed by atoms with Crippen LogP contribution >= 0.6 is 0 Å². The summed E-state index contributed by atoms with van der Waals surface area (Å²) < 4.78 is 4.79. The molecule has 0 bridgehead atoms. The lowest BCUT2D eigenvalue weighted by Crippen LogP contribution is -2.27. The van der Waals surface area contributed by atoms with Crippen molar-refractivity contribution >= 4 is 33.9 Å². The van der Waals surface area contributed by atoms with Crippen molar-refractivity contribution in [3.8, 4) is 0 Å². The first kappa shape index (κ1) is 17.6. The minimum atomic E-state index is -0.369. The Morgan fingerprint density at radius 1 is 1.10 bits per heavy atom. The van der Waals surface area contributed by atoms with Crippen LogP contribution in [0.5, 0.6) is 0 Å². The molecule has 1 atom stereocenters. The van der Waals surface area contributed by atoms with Crippen LogP contribution in [-0.2, 0) is 9.53 Å². The molecule has 1 N–H and O–H groups in total. The monoisotopic (exact) mass is 384 g/mol. The summed E-state index contributed by atoms with van der Waals surface area (Å²) in [5.41, 5.74) is 6.45. The highest BCUT2D eigenvalue weighted by Gasteiger charge is 2.35. The van der Waals surface area contributed by atoms with E-state index in [2.05, 4.69) is 16.4 Å². The molecule has 0 saturated carbocycles. The second kappa shape index (κ2) is 6.85. The maximum absolute atomic E-state index is 13.0. The van der Waals surface area contributed by atoms with Gasteiger partial charge in [0.2, 0.25) is 0 Å². The number of fused-ring (bicyclic) bond motifs is 4. The lowest BCUT2D eigenvalue weighted by atomic mass is 9.77. The molecule has 5 nitrogen and oxygen atoms in total. The highest BCUT2D eigenvalue weighted by Crippen LogP contribution is 2.47. The van der Waals surface area contributed by atoms with Crippen molar-refractivity contribution in [2.24, 2.45) is 0 Å². The van der Waals surface area contributed by atoms with Crippen molar-refractivity contribution in [2.45, 2.75) is 25.3 Å². The minimum absolute atomic E-state index is 0.187. The number of nitrogens with zero attached hydrogens (tertiary/aromatic N) is 1. The van der Waals surface area contributed by atoms with Gasteiger partial charge in [-0.1, -0.05) is 18.2 Å². The summed E-state index contributed by atoms with van der Waals surface area (Å²) in [6, 6.07) is 15.1. The fraction of sp³-hybridized carbons (Fsp3) is 0.208. The number of carbonyl (C=O) groups excluding carboxylic acids is 2. The van der Waals surface area contributed by atoms with E-state index in [1.165, 1.54) is 7.11 Å². The van der Waals surface area contributed by atoms with Crippen LogP contribution in [0, 0.1) is 0 Å². The molecule has 2 aromatic carbocycles. The average Bonchev–Trinajstić information content (AvgIpc) is 2.78. The van der Waals surface area contributed by atoms with Gasteiger partial charge in [0, 0.05) is 34.8 Å². The van der Waals surface area contributed by atoms with Gasteiger partial charge in [-0.15, -0.1) is 0 Å². The smallest absolute Gasteiger partial charge is 0.337 e. The van der Waals surface area contributed by atoms with Crippen LogP contribution in [0.15, 0.2) is 60.3 Å². The maximum Gasteiger partial charge on any atom is 0.337 e. The zero-order chi connectivity index (χ0) is 20.0. The Labute approximate surface area is 168 Å². The Bertz CT molecular complexity index is 1180. The molecule has 1 unspecified atom stereocenters. The number of nitrogens with one attached hydrogen (secondary N) is 1. The summed E-state index contributed by atoms with van der Waals surface area (Å²) in [7, 11) is 1.37. The third-order valence-corrected chi connectivity index (χ3v) is 5.80. The number of methoxy groups -OCH3 is 1. The topological polar surface area (TPSA) is 68.3 Å². The average molecular weight is 384 g/mol. The van der Waals surface area contributed by atoms with Gasteiger partial charge >= 0.3 is 5.97 Å². The fourth-order valence-electron chi connectivity index (χ4n) is 4.46. The number of hydrogen-bond acceptors (Lipinski definition) is 5. The van der Waals surface area contributed by atoms with Crippen molar-refractivity contribution < 1.29 is 14.3 Å². The van der Waals surface area contributed by atoms with E-state index < -0.39 is 0 Å². The Hall–Kier alpha value is -3.47. The maximum atomic E-state index is 13.0. The first-order chi connectivity index (χ1) is 14.2. The second-order valence-electron chi connectivity index (χ2n) is 7.42. The predicted octanol–water partition coefficient (Wildman–Crippen LogP) is 4.69. The van der Waals surface area contributed by atoms with Gasteiger partial charge in [0.25, 0.3) is 0 Å². The summed E-state index contributed by atoms with van der Waals surface area (Å²) in [5.74, 6) is -0.182. The molecule has 0 amide bonds. The molecule has 144 valence electrons. The molecule has 5 heteroatoms. The van der Waals surface area contributed by atoms with E-state index in [0.29, 0.717) is 12.0 Å².